The van der Waals surface area contributed by atoms with E-state index in [-0.39, 0.29) is 0 Å². The maximum absolute atomic E-state index is 11.3. The summed E-state index contributed by atoms with van der Waals surface area (Å²) in [6, 6.07) is 9.75. The Morgan fingerprint density at radius 1 is 1.30 bits per heavy atom. The average Bonchev–Trinajstić information content (AvgIpc) is 2.95. The topological polar surface area (TPSA) is 62.4 Å². The minimum absolute atomic E-state index is 0.379. The molecule has 1 aromatic rings. The van der Waals surface area contributed by atoms with Gasteiger partial charge in [0.1, 0.15) is 11.1 Å². The van der Waals surface area contributed by atoms with E-state index in [1.54, 1.807) is 12.2 Å². The Kier molecular flexibility index (Phi) is 5.77. The molecule has 0 spiro atoms. The number of alkyl halides is 3. The van der Waals surface area contributed by atoms with Crippen LogP contribution in [0.1, 0.15) is 11.1 Å². The first-order valence-corrected chi connectivity index (χ1v) is 8.20. The monoisotopic (exact) mass is 386 g/mol. The zero-order valence-corrected chi connectivity index (χ0v) is 14.8. The number of halogens is 3. The molecule has 8 heteroatoms. The third kappa shape index (κ3) is 4.52. The number of nitriles is 1. The number of thioether (sulfide) groups is 1. The van der Waals surface area contributed by atoms with Crippen LogP contribution in [0.2, 0.25) is 0 Å². The lowest BCUT2D eigenvalue weighted by molar-refractivity contribution is -0.142. The van der Waals surface area contributed by atoms with Crippen molar-refractivity contribution in [2.75, 3.05) is 0 Å². The average molecular weight is 388 g/mol. The first-order chi connectivity index (χ1) is 10.8. The van der Waals surface area contributed by atoms with Gasteiger partial charge in [-0.3, -0.25) is 0 Å². The summed E-state index contributed by atoms with van der Waals surface area (Å²) in [7, 11) is 0. The molecule has 0 fully saturated rings. The lowest BCUT2D eigenvalue weighted by Gasteiger charge is -2.06. The lowest BCUT2D eigenvalue weighted by atomic mass is 10.0. The molecule has 0 atom stereocenters. The van der Waals surface area contributed by atoms with Crippen LogP contribution in [0.15, 0.2) is 46.5 Å². The molecule has 1 heterocycles. The fraction of sp³-hybridized carbons (Fsp3) is 0.133. The Labute approximate surface area is 152 Å². The van der Waals surface area contributed by atoms with Crippen LogP contribution >= 0.6 is 46.6 Å². The molecule has 1 aliphatic heterocycles. The van der Waals surface area contributed by atoms with Gasteiger partial charge in [0.15, 0.2) is 0 Å². The number of allylic oxidation sites excluding steroid dienone is 2. The Balaban J connectivity index is 2.22. The molecule has 0 aliphatic carbocycles. The van der Waals surface area contributed by atoms with Crippen molar-refractivity contribution in [3.05, 3.63) is 52.4 Å². The van der Waals surface area contributed by atoms with Crippen molar-refractivity contribution in [2.24, 2.45) is 5.16 Å². The molecular weight excluding hydrogens is 379 g/mol. The Hall–Kier alpha value is -1.45. The zero-order chi connectivity index (χ0) is 17.0. The number of rotatable bonds is 2. The second kappa shape index (κ2) is 7.41. The van der Waals surface area contributed by atoms with E-state index in [1.807, 2.05) is 31.2 Å². The molecule has 0 saturated carbocycles. The van der Waals surface area contributed by atoms with Gasteiger partial charge in [0.25, 0.3) is 3.79 Å². The molecule has 23 heavy (non-hydrogen) atoms. The predicted molar refractivity (Wildman–Crippen MR) is 94.3 cm³/mol. The molecule has 1 aliphatic rings. The smallest absolute Gasteiger partial charge is 0.312 e. The highest BCUT2D eigenvalue weighted by Gasteiger charge is 2.33. The van der Waals surface area contributed by atoms with Crippen molar-refractivity contribution in [2.45, 2.75) is 10.7 Å². The van der Waals surface area contributed by atoms with E-state index in [4.69, 9.17) is 34.8 Å². The second-order valence-corrected chi connectivity index (χ2v) is 7.75. The van der Waals surface area contributed by atoms with Gasteiger partial charge in [-0.1, -0.05) is 76.0 Å². The summed E-state index contributed by atoms with van der Waals surface area (Å²) in [5.41, 5.74) is 2.34. The largest absolute Gasteiger partial charge is 0.386 e. The van der Waals surface area contributed by atoms with Crippen LogP contribution in [0.5, 0.6) is 0 Å². The van der Waals surface area contributed by atoms with Gasteiger partial charge in [-0.15, -0.1) is 0 Å². The minimum atomic E-state index is -2.19. The first kappa shape index (κ1) is 17.9. The van der Waals surface area contributed by atoms with Crippen molar-refractivity contribution in [1.82, 2.24) is 0 Å². The molecule has 0 amide bonds. The summed E-state index contributed by atoms with van der Waals surface area (Å²) in [5.74, 6) is -1.10. The number of carbonyl (C=O) groups is 1. The van der Waals surface area contributed by atoms with E-state index in [0.717, 1.165) is 11.1 Å². The number of hydrogen-bond donors (Lipinski definition) is 0. The fourth-order valence-corrected chi connectivity index (χ4v) is 2.68. The normalized spacial score (nSPS) is 18.0. The van der Waals surface area contributed by atoms with Gasteiger partial charge in [-0.05, 0) is 30.2 Å². The first-order valence-electron chi connectivity index (χ1n) is 6.25. The van der Waals surface area contributed by atoms with Crippen molar-refractivity contribution in [1.29, 1.82) is 5.26 Å². The Morgan fingerprint density at radius 2 is 2.00 bits per heavy atom. The highest BCUT2D eigenvalue weighted by molar-refractivity contribution is 8.18. The number of carbonyl (C=O) groups excluding carboxylic acids is 1. The van der Waals surface area contributed by atoms with E-state index in [9.17, 15) is 10.1 Å². The van der Waals surface area contributed by atoms with Crippen LogP contribution in [0.4, 0.5) is 0 Å². The quantitative estimate of drug-likeness (QED) is 0.318. The van der Waals surface area contributed by atoms with Gasteiger partial charge in [-0.25, -0.2) is 4.79 Å². The van der Waals surface area contributed by atoms with Gasteiger partial charge in [0.05, 0.1) is 5.57 Å². The zero-order valence-electron chi connectivity index (χ0n) is 11.7. The van der Waals surface area contributed by atoms with Crippen LogP contribution in [-0.4, -0.2) is 14.8 Å². The fourth-order valence-electron chi connectivity index (χ4n) is 1.75. The summed E-state index contributed by atoms with van der Waals surface area (Å²) in [4.78, 5) is 16.6. The van der Waals surface area contributed by atoms with E-state index in [2.05, 4.69) is 16.1 Å². The molecule has 0 bridgehead atoms. The summed E-state index contributed by atoms with van der Waals surface area (Å²) >= 11 is 17.3. The Bertz CT molecular complexity index is 774. The van der Waals surface area contributed by atoms with Crippen molar-refractivity contribution >= 4 is 63.2 Å². The maximum Gasteiger partial charge on any atom is 0.386 e. The third-order valence-electron chi connectivity index (χ3n) is 2.81. The van der Waals surface area contributed by atoms with E-state index < -0.39 is 9.76 Å². The van der Waals surface area contributed by atoms with E-state index >= 15 is 0 Å². The predicted octanol–water partition coefficient (Wildman–Crippen LogP) is 4.76. The molecule has 1 aromatic carbocycles. The van der Waals surface area contributed by atoms with Gasteiger partial charge >= 0.3 is 5.97 Å². The maximum atomic E-state index is 11.3. The van der Waals surface area contributed by atoms with E-state index in [1.165, 1.54) is 11.8 Å². The summed E-state index contributed by atoms with van der Waals surface area (Å²) in [6.07, 6.45) is 3.33. The van der Waals surface area contributed by atoms with E-state index in [0.29, 0.717) is 15.5 Å². The number of hydrogen-bond acceptors (Lipinski definition) is 5. The molecule has 0 aromatic heterocycles. The molecule has 0 radical (unpaired) electrons. The van der Waals surface area contributed by atoms with Gasteiger partial charge in [-0.2, -0.15) is 5.26 Å². The van der Waals surface area contributed by atoms with Crippen LogP contribution in [0, 0.1) is 18.3 Å². The summed E-state index contributed by atoms with van der Waals surface area (Å²) in [5, 5.41) is 13.4. The molecule has 0 N–H and O–H groups in total. The highest BCUT2D eigenvalue weighted by atomic mass is 35.6. The molecule has 4 nitrogen and oxygen atoms in total. The summed E-state index contributed by atoms with van der Waals surface area (Å²) < 4.78 is -2.19. The van der Waals surface area contributed by atoms with Crippen molar-refractivity contribution < 1.29 is 9.63 Å². The lowest BCUT2D eigenvalue weighted by Crippen LogP contribution is -2.20. The number of aryl methyl sites for hydroxylation is 1. The summed E-state index contributed by atoms with van der Waals surface area (Å²) in [6.45, 7) is 1.92. The molecule has 0 saturated heterocycles. The van der Waals surface area contributed by atoms with Gasteiger partial charge < -0.3 is 4.84 Å². The van der Waals surface area contributed by atoms with Crippen LogP contribution in [0.25, 0.3) is 5.57 Å². The van der Waals surface area contributed by atoms with Crippen LogP contribution in [0.3, 0.4) is 0 Å². The standard InChI is InChI=1S/C15H9Cl3N2O2S/c1-9-4-2-3-5-10(9)11(8-19)12-6-7-13(23-12)20-22-14(21)15(16,17)18/h2-7H,1H3/b12-11-,20-13-. The van der Waals surface area contributed by atoms with Gasteiger partial charge in [0.2, 0.25) is 0 Å². The molecule has 0 unspecified atom stereocenters. The van der Waals surface area contributed by atoms with Crippen molar-refractivity contribution in [3.8, 4) is 6.07 Å². The highest BCUT2D eigenvalue weighted by Crippen LogP contribution is 2.35. The number of benzene rings is 1. The minimum Gasteiger partial charge on any atom is -0.312 e. The second-order valence-electron chi connectivity index (χ2n) is 4.41. The van der Waals surface area contributed by atoms with Crippen LogP contribution < -0.4 is 0 Å². The SMILES string of the molecule is Cc1ccccc1/C(C#N)=C1C=C/C(=N/OC(=O)C(Cl)(Cl)Cl)S/1. The van der Waals surface area contributed by atoms with Crippen molar-refractivity contribution in [3.63, 3.8) is 0 Å². The number of oxime groups is 1. The van der Waals surface area contributed by atoms with Gasteiger partial charge in [0, 0.05) is 4.91 Å². The molecular formula is C15H9Cl3N2O2S. The third-order valence-corrected chi connectivity index (χ3v) is 4.26. The molecule has 2 rings (SSSR count). The number of nitrogens with zero attached hydrogens (tertiary/aromatic N) is 2. The Morgan fingerprint density at radius 3 is 2.61 bits per heavy atom. The molecule has 118 valence electrons. The van der Waals surface area contributed by atoms with Crippen LogP contribution in [-0.2, 0) is 9.63 Å².